The second-order valence-electron chi connectivity index (χ2n) is 12.0. The topological polar surface area (TPSA) is 97.5 Å². The number of piperidine rings is 1. The van der Waals surface area contributed by atoms with E-state index in [2.05, 4.69) is 69.7 Å². The highest BCUT2D eigenvalue weighted by Gasteiger charge is 2.48. The fourth-order valence-corrected chi connectivity index (χ4v) is 6.82. The molecule has 2 amide bonds. The van der Waals surface area contributed by atoms with Gasteiger partial charge in [-0.05, 0) is 76.6 Å². The summed E-state index contributed by atoms with van der Waals surface area (Å²) in [6.07, 6.45) is 8.46. The van der Waals surface area contributed by atoms with Crippen molar-refractivity contribution in [3.63, 3.8) is 0 Å². The van der Waals surface area contributed by atoms with E-state index in [4.69, 9.17) is 0 Å². The molecule has 2 bridgehead atoms. The Kier molecular flexibility index (Phi) is 12.1. The lowest BCUT2D eigenvalue weighted by atomic mass is 9.75. The second kappa shape index (κ2) is 15.7. The quantitative estimate of drug-likeness (QED) is 0.324. The molecule has 0 aliphatic carbocycles. The van der Waals surface area contributed by atoms with Crippen LogP contribution in [0.3, 0.4) is 0 Å². The SMILES string of the molecule is Cc1ccc([C@H]2C[C@@H]3CC[C@H]([C@H]2C(=O)NCCCCCC2CNCCNCCC(=O)NCCNC2)N3C)cc1. The number of amides is 2. The molecule has 3 aliphatic rings. The van der Waals surface area contributed by atoms with Crippen LogP contribution in [0.15, 0.2) is 24.3 Å². The third-order valence-corrected chi connectivity index (χ3v) is 9.16. The fourth-order valence-electron chi connectivity index (χ4n) is 6.82. The van der Waals surface area contributed by atoms with Gasteiger partial charge in [-0.3, -0.25) is 14.5 Å². The van der Waals surface area contributed by atoms with Gasteiger partial charge in [0.15, 0.2) is 0 Å². The predicted octanol–water partition coefficient (Wildman–Crippen LogP) is 2.14. The first-order valence-corrected chi connectivity index (χ1v) is 15.5. The molecule has 0 aromatic heterocycles. The summed E-state index contributed by atoms with van der Waals surface area (Å²) < 4.78 is 0. The number of aryl methyl sites for hydroxylation is 1. The Balaban J connectivity index is 1.19. The van der Waals surface area contributed by atoms with Crippen molar-refractivity contribution < 1.29 is 9.59 Å². The molecular weight excluding hydrogens is 488 g/mol. The maximum atomic E-state index is 13.5. The summed E-state index contributed by atoms with van der Waals surface area (Å²) in [5.74, 6) is 1.29. The molecule has 5 N–H and O–H groups in total. The van der Waals surface area contributed by atoms with Gasteiger partial charge in [0.05, 0.1) is 5.92 Å². The minimum absolute atomic E-state index is 0.0394. The molecule has 8 nitrogen and oxygen atoms in total. The van der Waals surface area contributed by atoms with Crippen LogP contribution >= 0.6 is 0 Å². The molecule has 3 saturated heterocycles. The number of benzene rings is 1. The predicted molar refractivity (Wildman–Crippen MR) is 158 cm³/mol. The number of fused-ring (bicyclic) bond motifs is 2. The number of nitrogens with zero attached hydrogens (tertiary/aromatic N) is 1. The summed E-state index contributed by atoms with van der Waals surface area (Å²) in [7, 11) is 2.22. The lowest BCUT2D eigenvalue weighted by Gasteiger charge is -2.42. The van der Waals surface area contributed by atoms with Crippen LogP contribution in [0.2, 0.25) is 0 Å². The van der Waals surface area contributed by atoms with Crippen molar-refractivity contribution >= 4 is 11.8 Å². The van der Waals surface area contributed by atoms with E-state index in [1.165, 1.54) is 30.4 Å². The van der Waals surface area contributed by atoms with E-state index < -0.39 is 0 Å². The van der Waals surface area contributed by atoms with Gasteiger partial charge < -0.3 is 26.6 Å². The maximum Gasteiger partial charge on any atom is 0.225 e. The van der Waals surface area contributed by atoms with Gasteiger partial charge in [-0.25, -0.2) is 0 Å². The van der Waals surface area contributed by atoms with Crippen LogP contribution in [0.4, 0.5) is 0 Å². The van der Waals surface area contributed by atoms with Gasteiger partial charge in [0.25, 0.3) is 0 Å². The number of hydrogen-bond acceptors (Lipinski definition) is 6. The minimum Gasteiger partial charge on any atom is -0.356 e. The highest BCUT2D eigenvalue weighted by Crippen LogP contribution is 2.46. The highest BCUT2D eigenvalue weighted by atomic mass is 16.2. The van der Waals surface area contributed by atoms with Gasteiger partial charge in [-0.15, -0.1) is 0 Å². The average molecular weight is 541 g/mol. The monoisotopic (exact) mass is 540 g/mol. The second-order valence-corrected chi connectivity index (χ2v) is 12.0. The molecule has 4 rings (SSSR count). The van der Waals surface area contributed by atoms with E-state index in [0.717, 1.165) is 71.5 Å². The van der Waals surface area contributed by atoms with Gasteiger partial charge in [0, 0.05) is 57.8 Å². The van der Waals surface area contributed by atoms with E-state index >= 15 is 0 Å². The van der Waals surface area contributed by atoms with Crippen LogP contribution in [-0.2, 0) is 9.59 Å². The number of rotatable bonds is 8. The minimum atomic E-state index is 0.0394. The summed E-state index contributed by atoms with van der Waals surface area (Å²) in [5.41, 5.74) is 2.60. The Morgan fingerprint density at radius 3 is 2.49 bits per heavy atom. The van der Waals surface area contributed by atoms with Crippen molar-refractivity contribution in [2.45, 2.75) is 76.3 Å². The van der Waals surface area contributed by atoms with Crippen LogP contribution < -0.4 is 26.6 Å². The van der Waals surface area contributed by atoms with Gasteiger partial charge in [-0.2, -0.15) is 0 Å². The first-order chi connectivity index (χ1) is 19.0. The van der Waals surface area contributed by atoms with E-state index in [9.17, 15) is 9.59 Å². The normalized spacial score (nSPS) is 29.4. The van der Waals surface area contributed by atoms with Crippen LogP contribution in [-0.4, -0.2) is 88.2 Å². The summed E-state index contributed by atoms with van der Waals surface area (Å²) >= 11 is 0. The summed E-state index contributed by atoms with van der Waals surface area (Å²) in [5, 5.41) is 16.7. The van der Waals surface area contributed by atoms with Gasteiger partial charge >= 0.3 is 0 Å². The molecule has 3 aliphatic heterocycles. The van der Waals surface area contributed by atoms with E-state index in [1.54, 1.807) is 0 Å². The summed E-state index contributed by atoms with van der Waals surface area (Å²) in [6, 6.07) is 9.83. The van der Waals surface area contributed by atoms with E-state index in [-0.39, 0.29) is 17.7 Å². The highest BCUT2D eigenvalue weighted by molar-refractivity contribution is 5.81. The summed E-state index contributed by atoms with van der Waals surface area (Å²) in [6.45, 7) is 8.89. The molecule has 5 atom stereocenters. The average Bonchev–Trinajstić information content (AvgIpc) is 3.15. The molecular formula is C31H52N6O2. The van der Waals surface area contributed by atoms with E-state index in [0.29, 0.717) is 36.9 Å². The number of carbonyl (C=O) groups excluding carboxylic acids is 2. The standard InChI is InChI=1S/C31H52N6O2/c1-23-7-9-25(10-8-23)27-20-26-11-12-28(37(26)2)30(27)31(39)36-14-5-3-4-6-24-21-33-17-16-32-15-13-29(38)35-19-18-34-22-24/h7-10,24,26-28,30,32-34H,3-6,11-22H2,1-2H3,(H,35,38)(H,36,39)/t24?,26-,27+,28+,30-/m0/s1. The molecule has 8 heteroatoms. The Bertz CT molecular complexity index is 894. The molecule has 39 heavy (non-hydrogen) atoms. The Labute approximate surface area is 235 Å². The first-order valence-electron chi connectivity index (χ1n) is 15.5. The molecule has 0 saturated carbocycles. The Morgan fingerprint density at radius 1 is 0.949 bits per heavy atom. The zero-order valence-corrected chi connectivity index (χ0v) is 24.3. The largest absolute Gasteiger partial charge is 0.356 e. The van der Waals surface area contributed by atoms with Gasteiger partial charge in [0.2, 0.25) is 11.8 Å². The number of unbranched alkanes of at least 4 members (excludes halogenated alkanes) is 2. The number of carbonyl (C=O) groups is 2. The number of hydrogen-bond donors (Lipinski definition) is 5. The third kappa shape index (κ3) is 9.00. The molecule has 1 unspecified atom stereocenters. The zero-order valence-electron chi connectivity index (χ0n) is 24.3. The molecule has 3 fully saturated rings. The van der Waals surface area contributed by atoms with Crippen molar-refractivity contribution in [3.05, 3.63) is 35.4 Å². The Hall–Kier alpha value is -2.00. The Morgan fingerprint density at radius 2 is 1.69 bits per heavy atom. The summed E-state index contributed by atoms with van der Waals surface area (Å²) in [4.78, 5) is 27.8. The van der Waals surface area contributed by atoms with Crippen molar-refractivity contribution in [1.82, 2.24) is 31.5 Å². The smallest absolute Gasteiger partial charge is 0.225 e. The molecule has 218 valence electrons. The van der Waals surface area contributed by atoms with Crippen molar-refractivity contribution in [2.75, 3.05) is 59.4 Å². The molecule has 1 aromatic carbocycles. The lowest BCUT2D eigenvalue weighted by molar-refractivity contribution is -0.129. The molecule has 0 radical (unpaired) electrons. The molecule has 0 spiro atoms. The first kappa shape index (κ1) is 30.0. The van der Waals surface area contributed by atoms with Gasteiger partial charge in [-0.1, -0.05) is 42.7 Å². The van der Waals surface area contributed by atoms with Crippen LogP contribution in [0, 0.1) is 18.8 Å². The van der Waals surface area contributed by atoms with Crippen molar-refractivity contribution in [2.24, 2.45) is 11.8 Å². The zero-order chi connectivity index (χ0) is 27.5. The van der Waals surface area contributed by atoms with Crippen LogP contribution in [0.5, 0.6) is 0 Å². The molecule has 1 aromatic rings. The van der Waals surface area contributed by atoms with Crippen LogP contribution in [0.1, 0.15) is 68.4 Å². The fraction of sp³-hybridized carbons (Fsp3) is 0.742. The van der Waals surface area contributed by atoms with Crippen molar-refractivity contribution in [1.29, 1.82) is 0 Å². The molecule has 3 heterocycles. The van der Waals surface area contributed by atoms with Crippen molar-refractivity contribution in [3.8, 4) is 0 Å². The lowest BCUT2D eigenvalue weighted by Crippen LogP contribution is -2.51. The number of nitrogens with one attached hydrogen (secondary N) is 5. The van der Waals surface area contributed by atoms with Crippen LogP contribution in [0.25, 0.3) is 0 Å². The maximum absolute atomic E-state index is 13.5. The third-order valence-electron chi connectivity index (χ3n) is 9.16. The van der Waals surface area contributed by atoms with E-state index in [1.807, 2.05) is 0 Å². The van der Waals surface area contributed by atoms with Gasteiger partial charge in [0.1, 0.15) is 0 Å².